The Balaban J connectivity index is 2.23. The van der Waals surface area contributed by atoms with Crippen LogP contribution in [0.15, 0.2) is 18.2 Å². The van der Waals surface area contributed by atoms with Crippen molar-refractivity contribution in [3.63, 3.8) is 0 Å². The SMILES string of the molecule is Cc1cc(C)cc(C(=O)N2CCCCC2CCl)c1. The van der Waals surface area contributed by atoms with Gasteiger partial charge in [0.25, 0.3) is 5.91 Å². The number of rotatable bonds is 2. The fourth-order valence-electron chi connectivity index (χ4n) is 2.69. The predicted octanol–water partition coefficient (Wildman–Crippen LogP) is 3.54. The molecule has 0 bridgehead atoms. The summed E-state index contributed by atoms with van der Waals surface area (Å²) in [6.45, 7) is 4.89. The molecule has 98 valence electrons. The fraction of sp³-hybridized carbons (Fsp3) is 0.533. The van der Waals surface area contributed by atoms with Crippen LogP contribution in [0.4, 0.5) is 0 Å². The van der Waals surface area contributed by atoms with E-state index >= 15 is 0 Å². The van der Waals surface area contributed by atoms with Gasteiger partial charge in [-0.3, -0.25) is 4.79 Å². The first kappa shape index (κ1) is 13.4. The second-order valence-electron chi connectivity index (χ2n) is 5.18. The maximum atomic E-state index is 12.5. The van der Waals surface area contributed by atoms with Gasteiger partial charge in [0.1, 0.15) is 0 Å². The molecular weight excluding hydrogens is 246 g/mol. The van der Waals surface area contributed by atoms with E-state index in [4.69, 9.17) is 11.6 Å². The quantitative estimate of drug-likeness (QED) is 0.749. The number of piperidine rings is 1. The lowest BCUT2D eigenvalue weighted by atomic mass is 10.0. The number of aryl methyl sites for hydroxylation is 2. The monoisotopic (exact) mass is 265 g/mol. The molecule has 1 atom stereocenters. The van der Waals surface area contributed by atoms with Gasteiger partial charge in [0, 0.05) is 24.0 Å². The molecule has 2 nitrogen and oxygen atoms in total. The number of carbonyl (C=O) groups excluding carboxylic acids is 1. The Morgan fingerprint density at radius 2 is 1.94 bits per heavy atom. The molecule has 1 aliphatic rings. The Bertz CT molecular complexity index is 424. The smallest absolute Gasteiger partial charge is 0.254 e. The third kappa shape index (κ3) is 2.86. The molecule has 0 N–H and O–H groups in total. The molecular formula is C15H20ClNO. The van der Waals surface area contributed by atoms with Crippen LogP contribution >= 0.6 is 11.6 Å². The van der Waals surface area contributed by atoms with Crippen molar-refractivity contribution in [3.8, 4) is 0 Å². The minimum atomic E-state index is 0.132. The summed E-state index contributed by atoms with van der Waals surface area (Å²) in [5.41, 5.74) is 3.07. The van der Waals surface area contributed by atoms with Crippen molar-refractivity contribution in [2.24, 2.45) is 0 Å². The van der Waals surface area contributed by atoms with Crippen LogP contribution in [0.25, 0.3) is 0 Å². The maximum absolute atomic E-state index is 12.5. The number of likely N-dealkylation sites (tertiary alicyclic amines) is 1. The van der Waals surface area contributed by atoms with Crippen molar-refractivity contribution in [2.75, 3.05) is 12.4 Å². The summed E-state index contributed by atoms with van der Waals surface area (Å²) in [6, 6.07) is 6.23. The number of alkyl halides is 1. The average Bonchev–Trinajstić information content (AvgIpc) is 2.36. The van der Waals surface area contributed by atoms with Crippen LogP contribution in [0.2, 0.25) is 0 Å². The standard InChI is InChI=1S/C15H20ClNO/c1-11-7-12(2)9-13(8-11)15(18)17-6-4-3-5-14(17)10-16/h7-9,14H,3-6,10H2,1-2H3. The molecule has 0 radical (unpaired) electrons. The van der Waals surface area contributed by atoms with E-state index in [1.165, 1.54) is 6.42 Å². The van der Waals surface area contributed by atoms with Crippen LogP contribution in [-0.4, -0.2) is 29.3 Å². The first-order valence-corrected chi connectivity index (χ1v) is 7.10. The zero-order chi connectivity index (χ0) is 13.1. The summed E-state index contributed by atoms with van der Waals surface area (Å²) in [4.78, 5) is 14.5. The predicted molar refractivity (Wildman–Crippen MR) is 75.3 cm³/mol. The van der Waals surface area contributed by atoms with Gasteiger partial charge < -0.3 is 4.90 Å². The second kappa shape index (κ2) is 5.75. The molecule has 1 aliphatic heterocycles. The van der Waals surface area contributed by atoms with Crippen LogP contribution in [0.5, 0.6) is 0 Å². The average molecular weight is 266 g/mol. The Kier molecular flexibility index (Phi) is 4.28. The number of nitrogens with zero attached hydrogens (tertiary/aromatic N) is 1. The summed E-state index contributed by atoms with van der Waals surface area (Å²) >= 11 is 5.98. The van der Waals surface area contributed by atoms with Crippen molar-refractivity contribution >= 4 is 17.5 Å². The molecule has 1 aromatic carbocycles. The lowest BCUT2D eigenvalue weighted by Crippen LogP contribution is -2.44. The molecule has 1 fully saturated rings. The van der Waals surface area contributed by atoms with E-state index in [1.54, 1.807) is 0 Å². The topological polar surface area (TPSA) is 20.3 Å². The van der Waals surface area contributed by atoms with E-state index in [1.807, 2.05) is 30.9 Å². The molecule has 0 spiro atoms. The van der Waals surface area contributed by atoms with Crippen molar-refractivity contribution in [1.29, 1.82) is 0 Å². The number of hydrogen-bond acceptors (Lipinski definition) is 1. The van der Waals surface area contributed by atoms with E-state index in [2.05, 4.69) is 6.07 Å². The molecule has 1 saturated heterocycles. The highest BCUT2D eigenvalue weighted by molar-refractivity contribution is 6.18. The normalized spacial score (nSPS) is 19.9. The summed E-state index contributed by atoms with van der Waals surface area (Å²) in [5, 5.41) is 0. The van der Waals surface area contributed by atoms with E-state index in [9.17, 15) is 4.79 Å². The van der Waals surface area contributed by atoms with Crippen molar-refractivity contribution in [1.82, 2.24) is 4.90 Å². The lowest BCUT2D eigenvalue weighted by Gasteiger charge is -2.34. The molecule has 3 heteroatoms. The van der Waals surface area contributed by atoms with Gasteiger partial charge in [0.2, 0.25) is 0 Å². The molecule has 1 amide bonds. The van der Waals surface area contributed by atoms with Crippen LogP contribution < -0.4 is 0 Å². The van der Waals surface area contributed by atoms with Crippen molar-refractivity contribution < 1.29 is 4.79 Å². The van der Waals surface area contributed by atoms with E-state index < -0.39 is 0 Å². The molecule has 1 heterocycles. The zero-order valence-electron chi connectivity index (χ0n) is 11.1. The van der Waals surface area contributed by atoms with Gasteiger partial charge in [-0.25, -0.2) is 0 Å². The van der Waals surface area contributed by atoms with Gasteiger partial charge in [0.15, 0.2) is 0 Å². The largest absolute Gasteiger partial charge is 0.334 e. The van der Waals surface area contributed by atoms with Gasteiger partial charge >= 0.3 is 0 Å². The number of benzene rings is 1. The van der Waals surface area contributed by atoms with Gasteiger partial charge in [-0.2, -0.15) is 0 Å². The van der Waals surface area contributed by atoms with Gasteiger partial charge in [-0.15, -0.1) is 11.6 Å². The summed E-state index contributed by atoms with van der Waals surface area (Å²) in [7, 11) is 0. The summed E-state index contributed by atoms with van der Waals surface area (Å²) in [6.07, 6.45) is 3.29. The summed E-state index contributed by atoms with van der Waals surface area (Å²) in [5.74, 6) is 0.670. The fourth-order valence-corrected chi connectivity index (χ4v) is 3.01. The van der Waals surface area contributed by atoms with Gasteiger partial charge in [0.05, 0.1) is 0 Å². The molecule has 2 rings (SSSR count). The minimum absolute atomic E-state index is 0.132. The highest BCUT2D eigenvalue weighted by Crippen LogP contribution is 2.21. The highest BCUT2D eigenvalue weighted by Gasteiger charge is 2.26. The number of hydrogen-bond donors (Lipinski definition) is 0. The van der Waals surface area contributed by atoms with Crippen molar-refractivity contribution in [2.45, 2.75) is 39.2 Å². The van der Waals surface area contributed by atoms with Crippen LogP contribution in [0.3, 0.4) is 0 Å². The van der Waals surface area contributed by atoms with Crippen LogP contribution in [0, 0.1) is 13.8 Å². The number of carbonyl (C=O) groups is 1. The first-order valence-electron chi connectivity index (χ1n) is 6.57. The van der Waals surface area contributed by atoms with Gasteiger partial charge in [-0.05, 0) is 45.2 Å². The van der Waals surface area contributed by atoms with Gasteiger partial charge in [-0.1, -0.05) is 17.2 Å². The Morgan fingerprint density at radius 1 is 1.28 bits per heavy atom. The molecule has 0 aromatic heterocycles. The molecule has 1 aromatic rings. The Morgan fingerprint density at radius 3 is 2.56 bits per heavy atom. The Labute approximate surface area is 114 Å². The lowest BCUT2D eigenvalue weighted by molar-refractivity contribution is 0.0639. The summed E-state index contributed by atoms with van der Waals surface area (Å²) < 4.78 is 0. The zero-order valence-corrected chi connectivity index (χ0v) is 11.8. The Hall–Kier alpha value is -1.02. The van der Waals surface area contributed by atoms with Crippen LogP contribution in [-0.2, 0) is 0 Å². The minimum Gasteiger partial charge on any atom is -0.334 e. The number of amides is 1. The molecule has 0 saturated carbocycles. The van der Waals surface area contributed by atoms with E-state index in [-0.39, 0.29) is 11.9 Å². The van der Waals surface area contributed by atoms with E-state index in [0.29, 0.717) is 5.88 Å². The molecule has 18 heavy (non-hydrogen) atoms. The maximum Gasteiger partial charge on any atom is 0.254 e. The number of halogens is 1. The first-order chi connectivity index (χ1) is 8.61. The second-order valence-corrected chi connectivity index (χ2v) is 5.49. The van der Waals surface area contributed by atoms with Crippen LogP contribution in [0.1, 0.15) is 40.7 Å². The third-order valence-corrected chi connectivity index (χ3v) is 3.89. The third-order valence-electron chi connectivity index (χ3n) is 3.53. The molecule has 0 aliphatic carbocycles. The van der Waals surface area contributed by atoms with Crippen molar-refractivity contribution in [3.05, 3.63) is 34.9 Å². The van der Waals surface area contributed by atoms with E-state index in [0.717, 1.165) is 36.1 Å². The highest BCUT2D eigenvalue weighted by atomic mass is 35.5. The molecule has 1 unspecified atom stereocenters.